The van der Waals surface area contributed by atoms with Gasteiger partial charge in [0.2, 0.25) is 0 Å². The van der Waals surface area contributed by atoms with Crippen LogP contribution >= 0.6 is 0 Å². The van der Waals surface area contributed by atoms with Crippen molar-refractivity contribution in [1.82, 2.24) is 0 Å². The number of carbonyl (C=O) groups is 1. The first-order valence-corrected chi connectivity index (χ1v) is 3.50. The molecule has 2 N–H and O–H groups in total. The molecule has 0 atom stereocenters. The predicted molar refractivity (Wildman–Crippen MR) is 39.7 cm³/mol. The third-order valence-corrected chi connectivity index (χ3v) is 1.60. The average Bonchev–Trinajstić information content (AvgIpc) is 2.47. The molecule has 1 aromatic heterocycles. The summed E-state index contributed by atoms with van der Waals surface area (Å²) in [5, 5.41) is 11.6. The molecule has 1 aliphatic heterocycles. The fourth-order valence-electron chi connectivity index (χ4n) is 1.10. The van der Waals surface area contributed by atoms with E-state index in [0.717, 1.165) is 0 Å². The van der Waals surface area contributed by atoms with Crippen molar-refractivity contribution < 1.29 is 19.1 Å². The number of anilines is 1. The number of aromatic carboxylic acids is 1. The Morgan fingerprint density at radius 1 is 1.67 bits per heavy atom. The van der Waals surface area contributed by atoms with Gasteiger partial charge in [0.25, 0.3) is 5.76 Å². The summed E-state index contributed by atoms with van der Waals surface area (Å²) < 4.78 is 9.91. The van der Waals surface area contributed by atoms with Gasteiger partial charge in [0.05, 0.1) is 0 Å². The molecule has 1 aromatic rings. The third kappa shape index (κ3) is 0.903. The van der Waals surface area contributed by atoms with Gasteiger partial charge in [-0.2, -0.15) is 0 Å². The van der Waals surface area contributed by atoms with E-state index in [1.807, 2.05) is 0 Å². The maximum atomic E-state index is 10.5. The van der Waals surface area contributed by atoms with Crippen LogP contribution in [0.5, 0.6) is 5.75 Å². The topological polar surface area (TPSA) is 71.7 Å². The van der Waals surface area contributed by atoms with Gasteiger partial charge in [-0.1, -0.05) is 0 Å². The highest BCUT2D eigenvalue weighted by molar-refractivity contribution is 5.90. The van der Waals surface area contributed by atoms with Crippen molar-refractivity contribution in [2.24, 2.45) is 0 Å². The van der Waals surface area contributed by atoms with Crippen LogP contribution in [0.3, 0.4) is 0 Å². The highest BCUT2D eigenvalue weighted by atomic mass is 16.5. The van der Waals surface area contributed by atoms with Gasteiger partial charge in [0, 0.05) is 6.54 Å². The highest BCUT2D eigenvalue weighted by Crippen LogP contribution is 2.32. The lowest BCUT2D eigenvalue weighted by molar-refractivity contribution is 0.0656. The Labute approximate surface area is 67.9 Å². The molecular formula is C7H7NO4. The summed E-state index contributed by atoms with van der Waals surface area (Å²) in [6.07, 6.45) is 1.35. The Kier molecular flexibility index (Phi) is 1.43. The molecule has 0 unspecified atom stereocenters. The summed E-state index contributed by atoms with van der Waals surface area (Å²) in [6.45, 7) is 1.14. The molecule has 0 bridgehead atoms. The minimum Gasteiger partial charge on any atom is -0.485 e. The average molecular weight is 169 g/mol. The van der Waals surface area contributed by atoms with Gasteiger partial charge in [-0.25, -0.2) is 4.79 Å². The van der Waals surface area contributed by atoms with E-state index in [-0.39, 0.29) is 5.76 Å². The summed E-state index contributed by atoms with van der Waals surface area (Å²) in [5.41, 5.74) is 0.610. The summed E-state index contributed by atoms with van der Waals surface area (Å²) in [7, 11) is 0. The van der Waals surface area contributed by atoms with Crippen LogP contribution in [0.1, 0.15) is 10.6 Å². The lowest BCUT2D eigenvalue weighted by Gasteiger charge is -2.14. The van der Waals surface area contributed by atoms with Gasteiger partial charge in [0.1, 0.15) is 18.6 Å². The van der Waals surface area contributed by atoms with Crippen molar-refractivity contribution in [3.8, 4) is 5.75 Å². The first kappa shape index (κ1) is 7.02. The molecule has 0 aromatic carbocycles. The van der Waals surface area contributed by atoms with E-state index in [0.29, 0.717) is 24.6 Å². The van der Waals surface area contributed by atoms with E-state index in [4.69, 9.17) is 14.3 Å². The highest BCUT2D eigenvalue weighted by Gasteiger charge is 2.23. The van der Waals surface area contributed by atoms with Gasteiger partial charge in [-0.15, -0.1) is 0 Å². The molecule has 5 heteroatoms. The lowest BCUT2D eigenvalue weighted by atomic mass is 10.3. The number of rotatable bonds is 1. The molecule has 0 aliphatic carbocycles. The first-order chi connectivity index (χ1) is 5.79. The van der Waals surface area contributed by atoms with Gasteiger partial charge >= 0.3 is 5.97 Å². The monoisotopic (exact) mass is 169 g/mol. The van der Waals surface area contributed by atoms with Gasteiger partial charge in [0.15, 0.2) is 5.75 Å². The van der Waals surface area contributed by atoms with Crippen molar-refractivity contribution in [1.29, 1.82) is 0 Å². The molecule has 0 saturated carbocycles. The third-order valence-electron chi connectivity index (χ3n) is 1.60. The zero-order chi connectivity index (χ0) is 8.55. The van der Waals surface area contributed by atoms with Crippen LogP contribution in [0.4, 0.5) is 5.69 Å². The molecule has 2 heterocycles. The fourth-order valence-corrected chi connectivity index (χ4v) is 1.10. The number of carboxylic acids is 1. The first-order valence-electron chi connectivity index (χ1n) is 3.50. The standard InChI is InChI=1S/C7H7NO4/c9-7(10)6-5-4(3-12-6)8-1-2-11-5/h3,8H,1-2H2,(H,9,10). The van der Waals surface area contributed by atoms with Crippen molar-refractivity contribution >= 4 is 11.7 Å². The number of nitrogens with one attached hydrogen (secondary N) is 1. The maximum Gasteiger partial charge on any atom is 0.375 e. The maximum absolute atomic E-state index is 10.5. The molecule has 2 rings (SSSR count). The molecular weight excluding hydrogens is 162 g/mol. The smallest absolute Gasteiger partial charge is 0.375 e. The van der Waals surface area contributed by atoms with Crippen LogP contribution in [0, 0.1) is 0 Å². The normalized spacial score (nSPS) is 14.3. The molecule has 0 amide bonds. The van der Waals surface area contributed by atoms with Crippen molar-refractivity contribution in [2.75, 3.05) is 18.5 Å². The summed E-state index contributed by atoms with van der Waals surface area (Å²) in [5.74, 6) is -0.953. The minimum atomic E-state index is -1.11. The Morgan fingerprint density at radius 2 is 2.50 bits per heavy atom. The van der Waals surface area contributed by atoms with Crippen LogP contribution in [0.15, 0.2) is 10.7 Å². The van der Waals surface area contributed by atoms with E-state index in [1.165, 1.54) is 6.26 Å². The van der Waals surface area contributed by atoms with E-state index in [2.05, 4.69) is 5.32 Å². The number of ether oxygens (including phenoxy) is 1. The molecule has 0 fully saturated rings. The second kappa shape index (κ2) is 2.44. The van der Waals surface area contributed by atoms with Crippen LogP contribution < -0.4 is 10.1 Å². The van der Waals surface area contributed by atoms with E-state index >= 15 is 0 Å². The number of hydrogen-bond acceptors (Lipinski definition) is 4. The molecule has 0 radical (unpaired) electrons. The summed E-state index contributed by atoms with van der Waals surface area (Å²) in [4.78, 5) is 10.5. The van der Waals surface area contributed by atoms with Crippen LogP contribution in [-0.2, 0) is 0 Å². The Morgan fingerprint density at radius 3 is 3.25 bits per heavy atom. The SMILES string of the molecule is O=C(O)c1occ2c1OCCN2. The number of carboxylic acid groups (broad SMARTS) is 1. The number of hydrogen-bond donors (Lipinski definition) is 2. The van der Waals surface area contributed by atoms with Gasteiger partial charge in [-0.3, -0.25) is 0 Å². The molecule has 1 aliphatic rings. The lowest BCUT2D eigenvalue weighted by Crippen LogP contribution is -2.17. The largest absolute Gasteiger partial charge is 0.485 e. The van der Waals surface area contributed by atoms with Gasteiger partial charge < -0.3 is 19.6 Å². The zero-order valence-corrected chi connectivity index (χ0v) is 6.16. The molecule has 0 spiro atoms. The van der Waals surface area contributed by atoms with Crippen molar-refractivity contribution in [2.45, 2.75) is 0 Å². The predicted octanol–water partition coefficient (Wildman–Crippen LogP) is 0.782. The summed E-state index contributed by atoms with van der Waals surface area (Å²) >= 11 is 0. The second-order valence-corrected chi connectivity index (χ2v) is 2.39. The van der Waals surface area contributed by atoms with Crippen molar-refractivity contribution in [3.05, 3.63) is 12.0 Å². The van der Waals surface area contributed by atoms with Crippen molar-refractivity contribution in [3.63, 3.8) is 0 Å². The molecule has 0 saturated heterocycles. The second-order valence-electron chi connectivity index (χ2n) is 2.39. The van der Waals surface area contributed by atoms with Gasteiger partial charge in [-0.05, 0) is 0 Å². The zero-order valence-electron chi connectivity index (χ0n) is 6.16. The van der Waals surface area contributed by atoms with Crippen LogP contribution in [-0.4, -0.2) is 24.2 Å². The Balaban J connectivity index is 2.44. The quantitative estimate of drug-likeness (QED) is 0.650. The molecule has 64 valence electrons. The molecule has 5 nitrogen and oxygen atoms in total. The van der Waals surface area contributed by atoms with E-state index in [9.17, 15) is 4.79 Å². The fraction of sp³-hybridized carbons (Fsp3) is 0.286. The summed E-state index contributed by atoms with van der Waals surface area (Å²) in [6, 6.07) is 0. The van der Waals surface area contributed by atoms with Crippen LogP contribution in [0.2, 0.25) is 0 Å². The Hall–Kier alpha value is -1.65. The van der Waals surface area contributed by atoms with E-state index < -0.39 is 5.97 Å². The van der Waals surface area contributed by atoms with Crippen LogP contribution in [0.25, 0.3) is 0 Å². The molecule has 12 heavy (non-hydrogen) atoms. The number of fused-ring (bicyclic) bond motifs is 1. The number of furan rings is 1. The van der Waals surface area contributed by atoms with E-state index in [1.54, 1.807) is 0 Å². The minimum absolute atomic E-state index is 0.141. The Bertz CT molecular complexity index is 317.